The number of hydrogen-bond acceptors (Lipinski definition) is 4. The minimum atomic E-state index is -4.13. The van der Waals surface area contributed by atoms with Crippen LogP contribution in [-0.2, 0) is 13.6 Å². The van der Waals surface area contributed by atoms with Crippen LogP contribution in [0, 0.1) is 0 Å². The minimum absolute atomic E-state index is 0.167. The lowest BCUT2D eigenvalue weighted by atomic mass is 10.0. The molecule has 0 aromatic carbocycles. The largest absolute Gasteiger partial charge is 0.756 e. The van der Waals surface area contributed by atoms with Crippen LogP contribution in [0.3, 0.4) is 0 Å². The van der Waals surface area contributed by atoms with Crippen molar-refractivity contribution < 1.29 is 23.0 Å². The average molecular weight is 462 g/mol. The fraction of sp³-hybridized carbons (Fsp3) is 0.920. The number of quaternary nitrogens is 1. The molecule has 31 heavy (non-hydrogen) atoms. The van der Waals surface area contributed by atoms with E-state index in [0.717, 1.165) is 19.3 Å². The maximum Gasteiger partial charge on any atom is 0.268 e. The van der Waals surface area contributed by atoms with E-state index in [0.29, 0.717) is 11.0 Å². The molecule has 0 saturated heterocycles. The van der Waals surface area contributed by atoms with Crippen molar-refractivity contribution in [3.63, 3.8) is 0 Å². The first-order chi connectivity index (χ1) is 14.8. The molecule has 0 radical (unpaired) electrons. The third-order valence-corrected chi connectivity index (χ3v) is 6.56. The van der Waals surface area contributed by atoms with E-state index in [-0.39, 0.29) is 13.2 Å². The van der Waals surface area contributed by atoms with E-state index in [1.54, 1.807) is 0 Å². The van der Waals surface area contributed by atoms with Gasteiger partial charge < -0.3 is 18.4 Å². The Morgan fingerprint density at radius 1 is 0.677 bits per heavy atom. The fourth-order valence-electron chi connectivity index (χ4n) is 3.51. The number of phosphoric ester groups is 1. The zero-order chi connectivity index (χ0) is 23.3. The normalized spacial score (nSPS) is 13.9. The van der Waals surface area contributed by atoms with Gasteiger partial charge in [0.1, 0.15) is 13.2 Å². The molecule has 0 aliphatic rings. The molecule has 0 spiro atoms. The molecule has 0 aromatic rings. The Morgan fingerprint density at radius 3 is 1.42 bits per heavy atom. The van der Waals surface area contributed by atoms with Crippen molar-refractivity contribution in [2.75, 3.05) is 40.9 Å². The van der Waals surface area contributed by atoms with Gasteiger partial charge in [0.2, 0.25) is 0 Å². The second-order valence-corrected chi connectivity index (χ2v) is 11.3. The molecule has 0 amide bonds. The summed E-state index contributed by atoms with van der Waals surface area (Å²) in [4.78, 5) is 11.7. The van der Waals surface area contributed by atoms with E-state index in [2.05, 4.69) is 6.58 Å². The summed E-state index contributed by atoms with van der Waals surface area (Å²) in [5.74, 6) is 0. The second-order valence-electron chi connectivity index (χ2n) is 9.86. The summed E-state index contributed by atoms with van der Waals surface area (Å²) in [5.41, 5.74) is 0. The summed E-state index contributed by atoms with van der Waals surface area (Å²) in [6.07, 6.45) is 23.8. The number of rotatable bonds is 24. The predicted molar refractivity (Wildman–Crippen MR) is 131 cm³/mol. The first-order valence-corrected chi connectivity index (χ1v) is 14.2. The molecule has 0 fully saturated rings. The third kappa shape index (κ3) is 25.9. The highest BCUT2D eigenvalue weighted by Crippen LogP contribution is 2.38. The fourth-order valence-corrected chi connectivity index (χ4v) is 4.24. The summed E-state index contributed by atoms with van der Waals surface area (Å²) in [6, 6.07) is 0. The van der Waals surface area contributed by atoms with E-state index in [1.165, 1.54) is 89.9 Å². The lowest BCUT2D eigenvalue weighted by Crippen LogP contribution is -2.37. The molecule has 6 heteroatoms. The number of phosphoric acid groups is 1. The van der Waals surface area contributed by atoms with Gasteiger partial charge in [-0.25, -0.2) is 0 Å². The minimum Gasteiger partial charge on any atom is -0.756 e. The standard InChI is InChI=1S/C25H52NO4P/c1-5-6-7-8-9-10-11-12-13-14-15-16-17-18-19-20-21-22-24-29-31(27,28)30-25-23-26(2,3)4/h5H,1,6-25H2,2-4H3. The van der Waals surface area contributed by atoms with Crippen LogP contribution in [0.25, 0.3) is 0 Å². The Bertz CT molecular complexity index is 451. The van der Waals surface area contributed by atoms with Crippen molar-refractivity contribution in [2.24, 2.45) is 0 Å². The lowest BCUT2D eigenvalue weighted by molar-refractivity contribution is -0.870. The molecular weight excluding hydrogens is 409 g/mol. The van der Waals surface area contributed by atoms with Crippen LogP contribution < -0.4 is 4.89 Å². The van der Waals surface area contributed by atoms with Crippen LogP contribution in [0.1, 0.15) is 109 Å². The molecule has 0 aliphatic carbocycles. The van der Waals surface area contributed by atoms with Crippen LogP contribution >= 0.6 is 7.82 Å². The van der Waals surface area contributed by atoms with Gasteiger partial charge >= 0.3 is 0 Å². The van der Waals surface area contributed by atoms with Crippen molar-refractivity contribution >= 4 is 7.82 Å². The molecule has 1 unspecified atom stereocenters. The highest BCUT2D eigenvalue weighted by Gasteiger charge is 2.12. The molecule has 1 atom stereocenters. The molecular formula is C25H52NO4P. The van der Waals surface area contributed by atoms with E-state index in [1.807, 2.05) is 27.2 Å². The summed E-state index contributed by atoms with van der Waals surface area (Å²) in [7, 11) is 1.85. The van der Waals surface area contributed by atoms with Crippen molar-refractivity contribution in [3.05, 3.63) is 12.7 Å². The van der Waals surface area contributed by atoms with Gasteiger partial charge in [-0.15, -0.1) is 6.58 Å². The Balaban J connectivity index is 3.26. The molecule has 0 aromatic heterocycles. The highest BCUT2D eigenvalue weighted by atomic mass is 31.2. The van der Waals surface area contributed by atoms with Crippen LogP contribution in [-0.4, -0.2) is 45.4 Å². The number of likely N-dealkylation sites (N-methyl/N-ethyl adjacent to an activating group) is 1. The number of allylic oxidation sites excluding steroid dienone is 1. The average Bonchev–Trinajstić information content (AvgIpc) is 2.68. The predicted octanol–water partition coefficient (Wildman–Crippen LogP) is 7.01. The first-order valence-electron chi connectivity index (χ1n) is 12.8. The summed E-state index contributed by atoms with van der Waals surface area (Å²) >= 11 is 0. The van der Waals surface area contributed by atoms with Crippen molar-refractivity contribution in [1.29, 1.82) is 0 Å². The van der Waals surface area contributed by atoms with Crippen molar-refractivity contribution in [1.82, 2.24) is 0 Å². The van der Waals surface area contributed by atoms with Gasteiger partial charge in [0, 0.05) is 0 Å². The SMILES string of the molecule is C=CCCCCCCCCCCCCCCCCCCOP(=O)([O-])OCC[N+](C)(C)C. The van der Waals surface area contributed by atoms with Gasteiger partial charge in [0.25, 0.3) is 7.82 Å². The molecule has 0 N–H and O–H groups in total. The van der Waals surface area contributed by atoms with E-state index in [9.17, 15) is 9.46 Å². The van der Waals surface area contributed by atoms with Gasteiger partial charge in [-0.05, 0) is 19.3 Å². The van der Waals surface area contributed by atoms with E-state index >= 15 is 0 Å². The van der Waals surface area contributed by atoms with Gasteiger partial charge in [-0.3, -0.25) is 4.57 Å². The Labute approximate surface area is 193 Å². The Kier molecular flexibility index (Phi) is 20.3. The Morgan fingerprint density at radius 2 is 1.03 bits per heavy atom. The summed E-state index contributed by atoms with van der Waals surface area (Å²) in [5, 5.41) is 0. The van der Waals surface area contributed by atoms with Gasteiger partial charge in [-0.1, -0.05) is 96.0 Å². The maximum atomic E-state index is 11.7. The van der Waals surface area contributed by atoms with Gasteiger partial charge in [0.15, 0.2) is 0 Å². The monoisotopic (exact) mass is 461 g/mol. The summed E-state index contributed by atoms with van der Waals surface area (Å²) in [6.45, 7) is 4.80. The van der Waals surface area contributed by atoms with Crippen LogP contribution in [0.2, 0.25) is 0 Å². The third-order valence-electron chi connectivity index (χ3n) is 5.56. The second kappa shape index (κ2) is 20.4. The lowest BCUT2D eigenvalue weighted by Gasteiger charge is -2.27. The van der Waals surface area contributed by atoms with E-state index < -0.39 is 7.82 Å². The van der Waals surface area contributed by atoms with Crippen molar-refractivity contribution in [2.45, 2.75) is 109 Å². The number of hydrogen-bond donors (Lipinski definition) is 0. The van der Waals surface area contributed by atoms with Gasteiger partial charge in [-0.2, -0.15) is 0 Å². The quantitative estimate of drug-likeness (QED) is 0.0671. The molecule has 5 nitrogen and oxygen atoms in total. The smallest absolute Gasteiger partial charge is 0.268 e. The number of nitrogens with zero attached hydrogens (tertiary/aromatic N) is 1. The maximum absolute atomic E-state index is 11.7. The van der Waals surface area contributed by atoms with Crippen molar-refractivity contribution in [3.8, 4) is 0 Å². The topological polar surface area (TPSA) is 58.6 Å². The molecule has 0 rings (SSSR count). The van der Waals surface area contributed by atoms with Gasteiger partial charge in [0.05, 0.1) is 27.7 Å². The van der Waals surface area contributed by atoms with Crippen LogP contribution in [0.5, 0.6) is 0 Å². The van der Waals surface area contributed by atoms with Crippen LogP contribution in [0.4, 0.5) is 0 Å². The van der Waals surface area contributed by atoms with Crippen LogP contribution in [0.15, 0.2) is 12.7 Å². The first kappa shape index (κ1) is 30.8. The molecule has 0 aliphatic heterocycles. The molecule has 0 saturated carbocycles. The zero-order valence-electron chi connectivity index (χ0n) is 21.0. The highest BCUT2D eigenvalue weighted by molar-refractivity contribution is 7.45. The Hall–Kier alpha value is -0.190. The number of unbranched alkanes of at least 4 members (excludes halogenated alkanes) is 16. The molecule has 0 heterocycles. The zero-order valence-corrected chi connectivity index (χ0v) is 21.8. The summed E-state index contributed by atoms with van der Waals surface area (Å²) < 4.78 is 22.2. The molecule has 186 valence electrons. The molecule has 0 bridgehead atoms. The van der Waals surface area contributed by atoms with E-state index in [4.69, 9.17) is 9.05 Å².